The zero-order valence-corrected chi connectivity index (χ0v) is 16.7. The number of aryl methyl sites for hydroxylation is 2. The Morgan fingerprint density at radius 3 is 2.41 bits per heavy atom. The standard InChI is InChI=1S/C21H25ClN2O3/c1-4-15-5-7-16(8-6-15)9-12-21(26)24(2)14-20(25)23-18-13-17(22)10-11-19(18)27-3/h5-8,10-11,13H,4,9,12,14H2,1-3H3,(H,23,25). The minimum Gasteiger partial charge on any atom is -0.495 e. The van der Waals surface area contributed by atoms with Gasteiger partial charge in [0.15, 0.2) is 0 Å². The van der Waals surface area contributed by atoms with E-state index in [9.17, 15) is 9.59 Å². The van der Waals surface area contributed by atoms with Crippen molar-refractivity contribution in [2.24, 2.45) is 0 Å². The van der Waals surface area contributed by atoms with E-state index in [4.69, 9.17) is 16.3 Å². The Hall–Kier alpha value is -2.53. The smallest absolute Gasteiger partial charge is 0.244 e. The lowest BCUT2D eigenvalue weighted by molar-refractivity contribution is -0.133. The molecule has 1 N–H and O–H groups in total. The maximum Gasteiger partial charge on any atom is 0.244 e. The molecule has 0 fully saturated rings. The highest BCUT2D eigenvalue weighted by atomic mass is 35.5. The van der Waals surface area contributed by atoms with Gasteiger partial charge in [-0.25, -0.2) is 0 Å². The second-order valence-corrected chi connectivity index (χ2v) is 6.75. The van der Waals surface area contributed by atoms with Gasteiger partial charge in [0.2, 0.25) is 11.8 Å². The SMILES string of the molecule is CCc1ccc(CCC(=O)N(C)CC(=O)Nc2cc(Cl)ccc2OC)cc1. The van der Waals surface area contributed by atoms with E-state index < -0.39 is 0 Å². The molecule has 0 heterocycles. The third-order valence-corrected chi connectivity index (χ3v) is 4.54. The van der Waals surface area contributed by atoms with E-state index in [0.29, 0.717) is 29.3 Å². The summed E-state index contributed by atoms with van der Waals surface area (Å²) < 4.78 is 5.20. The number of rotatable bonds is 8. The van der Waals surface area contributed by atoms with Crippen LogP contribution in [-0.2, 0) is 22.4 Å². The monoisotopic (exact) mass is 388 g/mol. The van der Waals surface area contributed by atoms with E-state index in [0.717, 1.165) is 12.0 Å². The van der Waals surface area contributed by atoms with Crippen LogP contribution >= 0.6 is 11.6 Å². The molecule has 0 unspecified atom stereocenters. The summed E-state index contributed by atoms with van der Waals surface area (Å²) in [5, 5.41) is 3.22. The van der Waals surface area contributed by atoms with E-state index >= 15 is 0 Å². The molecule has 27 heavy (non-hydrogen) atoms. The third-order valence-electron chi connectivity index (χ3n) is 4.30. The normalized spacial score (nSPS) is 10.4. The number of benzene rings is 2. The lowest BCUT2D eigenvalue weighted by Crippen LogP contribution is -2.35. The summed E-state index contributed by atoms with van der Waals surface area (Å²) in [6.07, 6.45) is 2.00. The second kappa shape index (κ2) is 9.97. The van der Waals surface area contributed by atoms with Crippen molar-refractivity contribution < 1.29 is 14.3 Å². The number of hydrogen-bond donors (Lipinski definition) is 1. The number of anilines is 1. The van der Waals surface area contributed by atoms with E-state index in [1.807, 2.05) is 12.1 Å². The number of nitrogens with zero attached hydrogens (tertiary/aromatic N) is 1. The summed E-state index contributed by atoms with van der Waals surface area (Å²) in [5.74, 6) is 0.124. The molecule has 2 rings (SSSR count). The fourth-order valence-electron chi connectivity index (χ4n) is 2.65. The number of amides is 2. The topological polar surface area (TPSA) is 58.6 Å². The first kappa shape index (κ1) is 20.8. The predicted molar refractivity (Wildman–Crippen MR) is 108 cm³/mol. The van der Waals surface area contributed by atoms with Crippen molar-refractivity contribution in [2.75, 3.05) is 26.0 Å². The number of carbonyl (C=O) groups is 2. The van der Waals surface area contributed by atoms with E-state index in [2.05, 4.69) is 24.4 Å². The average molecular weight is 389 g/mol. The maximum absolute atomic E-state index is 12.3. The molecular weight excluding hydrogens is 364 g/mol. The lowest BCUT2D eigenvalue weighted by atomic mass is 10.1. The van der Waals surface area contributed by atoms with Gasteiger partial charge >= 0.3 is 0 Å². The van der Waals surface area contributed by atoms with Crippen molar-refractivity contribution in [1.29, 1.82) is 0 Å². The molecule has 0 bridgehead atoms. The van der Waals surface area contributed by atoms with Gasteiger partial charge in [-0.3, -0.25) is 9.59 Å². The van der Waals surface area contributed by atoms with Crippen molar-refractivity contribution in [3.05, 3.63) is 58.6 Å². The van der Waals surface area contributed by atoms with Crippen LogP contribution in [0, 0.1) is 0 Å². The van der Waals surface area contributed by atoms with Crippen LogP contribution in [0.4, 0.5) is 5.69 Å². The van der Waals surface area contributed by atoms with Crippen LogP contribution < -0.4 is 10.1 Å². The van der Waals surface area contributed by atoms with Gasteiger partial charge in [-0.2, -0.15) is 0 Å². The Kier molecular flexibility index (Phi) is 7.67. The van der Waals surface area contributed by atoms with Gasteiger partial charge in [0.1, 0.15) is 5.75 Å². The van der Waals surface area contributed by atoms with E-state index in [-0.39, 0.29) is 18.4 Å². The average Bonchev–Trinajstić information content (AvgIpc) is 2.66. The Labute approximate surface area is 165 Å². The largest absolute Gasteiger partial charge is 0.495 e. The van der Waals surface area contributed by atoms with Crippen LogP contribution in [0.25, 0.3) is 0 Å². The molecule has 2 amide bonds. The minimum absolute atomic E-state index is 0.0384. The zero-order chi connectivity index (χ0) is 19.8. The molecule has 0 aliphatic rings. The molecule has 0 aliphatic heterocycles. The summed E-state index contributed by atoms with van der Waals surface area (Å²) in [6.45, 7) is 2.07. The number of hydrogen-bond acceptors (Lipinski definition) is 3. The Bertz CT molecular complexity index is 791. The zero-order valence-electron chi connectivity index (χ0n) is 15.9. The highest BCUT2D eigenvalue weighted by Crippen LogP contribution is 2.27. The molecule has 0 atom stereocenters. The molecule has 5 nitrogen and oxygen atoms in total. The Morgan fingerprint density at radius 1 is 1.11 bits per heavy atom. The third kappa shape index (κ3) is 6.29. The molecule has 0 spiro atoms. The number of nitrogens with one attached hydrogen (secondary N) is 1. The predicted octanol–water partition coefficient (Wildman–Crippen LogP) is 3.94. The number of halogens is 1. The summed E-state index contributed by atoms with van der Waals surface area (Å²) in [7, 11) is 3.14. The molecule has 6 heteroatoms. The fourth-order valence-corrected chi connectivity index (χ4v) is 2.83. The van der Waals surface area contributed by atoms with Gasteiger partial charge in [-0.05, 0) is 42.2 Å². The maximum atomic E-state index is 12.3. The van der Waals surface area contributed by atoms with Crippen LogP contribution in [0.15, 0.2) is 42.5 Å². The quantitative estimate of drug-likeness (QED) is 0.745. The summed E-state index contributed by atoms with van der Waals surface area (Å²) in [5.41, 5.74) is 2.87. The molecule has 2 aromatic rings. The van der Waals surface area contributed by atoms with Gasteiger partial charge in [-0.15, -0.1) is 0 Å². The van der Waals surface area contributed by atoms with Crippen molar-refractivity contribution in [1.82, 2.24) is 4.90 Å². The summed E-state index contributed by atoms with van der Waals surface area (Å²) in [4.78, 5) is 26.0. The van der Waals surface area contributed by atoms with Gasteiger partial charge < -0.3 is 15.0 Å². The molecule has 144 valence electrons. The molecule has 0 saturated carbocycles. The van der Waals surface area contributed by atoms with Crippen molar-refractivity contribution >= 4 is 29.1 Å². The number of likely N-dealkylation sites (N-methyl/N-ethyl adjacent to an activating group) is 1. The van der Waals surface area contributed by atoms with Crippen molar-refractivity contribution in [2.45, 2.75) is 26.2 Å². The van der Waals surface area contributed by atoms with Gasteiger partial charge in [0, 0.05) is 18.5 Å². The van der Waals surface area contributed by atoms with Gasteiger partial charge in [0.05, 0.1) is 19.3 Å². The number of carbonyl (C=O) groups excluding carboxylic acids is 2. The van der Waals surface area contributed by atoms with Crippen molar-refractivity contribution in [3.8, 4) is 5.75 Å². The number of ether oxygens (including phenoxy) is 1. The van der Waals surface area contributed by atoms with E-state index in [1.54, 1.807) is 25.2 Å². The molecule has 2 aromatic carbocycles. The van der Waals surface area contributed by atoms with E-state index in [1.165, 1.54) is 17.6 Å². The highest BCUT2D eigenvalue weighted by molar-refractivity contribution is 6.31. The molecule has 0 saturated heterocycles. The molecule has 0 aliphatic carbocycles. The van der Waals surface area contributed by atoms with Gasteiger partial charge in [0.25, 0.3) is 0 Å². The van der Waals surface area contributed by atoms with Crippen molar-refractivity contribution in [3.63, 3.8) is 0 Å². The highest BCUT2D eigenvalue weighted by Gasteiger charge is 2.15. The molecular formula is C21H25ClN2O3. The first-order valence-electron chi connectivity index (χ1n) is 8.88. The Balaban J connectivity index is 1.86. The van der Waals surface area contributed by atoms with Crippen LogP contribution in [0.3, 0.4) is 0 Å². The van der Waals surface area contributed by atoms with Crippen LogP contribution in [-0.4, -0.2) is 37.4 Å². The van der Waals surface area contributed by atoms with Crippen LogP contribution in [0.1, 0.15) is 24.5 Å². The summed E-state index contributed by atoms with van der Waals surface area (Å²) in [6, 6.07) is 13.2. The fraction of sp³-hybridized carbons (Fsp3) is 0.333. The second-order valence-electron chi connectivity index (χ2n) is 6.31. The lowest BCUT2D eigenvalue weighted by Gasteiger charge is -2.17. The van der Waals surface area contributed by atoms with Crippen LogP contribution in [0.5, 0.6) is 5.75 Å². The summed E-state index contributed by atoms with van der Waals surface area (Å²) >= 11 is 5.96. The molecule has 0 aromatic heterocycles. The first-order valence-corrected chi connectivity index (χ1v) is 9.26. The number of methoxy groups -OCH3 is 1. The van der Waals surface area contributed by atoms with Gasteiger partial charge in [-0.1, -0.05) is 42.8 Å². The van der Waals surface area contributed by atoms with Crippen LogP contribution in [0.2, 0.25) is 5.02 Å². The first-order chi connectivity index (χ1) is 12.9. The minimum atomic E-state index is -0.307. The molecule has 0 radical (unpaired) electrons. The Morgan fingerprint density at radius 2 is 1.78 bits per heavy atom.